The zero-order chi connectivity index (χ0) is 15.4. The van der Waals surface area contributed by atoms with Crippen molar-refractivity contribution in [2.45, 2.75) is 37.2 Å². The van der Waals surface area contributed by atoms with E-state index in [0.29, 0.717) is 0 Å². The molecule has 23 heavy (non-hydrogen) atoms. The number of hydrogen-bond acceptors (Lipinski definition) is 2. The second-order valence-electron chi connectivity index (χ2n) is 6.23. The first-order valence-electron chi connectivity index (χ1n) is 8.04. The predicted molar refractivity (Wildman–Crippen MR) is 101 cm³/mol. The highest BCUT2D eigenvalue weighted by Gasteiger charge is 2.44. The third-order valence-electron chi connectivity index (χ3n) is 4.63. The molecule has 2 N–H and O–H groups in total. The lowest BCUT2D eigenvalue weighted by molar-refractivity contribution is 0.114. The molecule has 1 saturated heterocycles. The maximum absolute atomic E-state index is 13.4. The monoisotopic (exact) mass is 433 g/mol. The van der Waals surface area contributed by atoms with E-state index in [4.69, 9.17) is 4.74 Å². The SMILES string of the molecule is CN=C(NCC1CCCO1)NCC1(c2cccc(F)c2)CC1.I. The molecule has 0 aromatic heterocycles. The Labute approximate surface area is 154 Å². The van der Waals surface area contributed by atoms with Crippen molar-refractivity contribution in [3.63, 3.8) is 0 Å². The summed E-state index contributed by atoms with van der Waals surface area (Å²) in [6.45, 7) is 2.43. The van der Waals surface area contributed by atoms with Gasteiger partial charge < -0.3 is 15.4 Å². The maximum Gasteiger partial charge on any atom is 0.191 e. The standard InChI is InChI=1S/C17H24FN3O.HI/c1-19-16(20-11-15-6-3-9-22-15)21-12-17(7-8-17)13-4-2-5-14(18)10-13;/h2,4-5,10,15H,3,6-9,11-12H2,1H3,(H2,19,20,21);1H. The lowest BCUT2D eigenvalue weighted by Crippen LogP contribution is -2.43. The number of nitrogens with zero attached hydrogens (tertiary/aromatic N) is 1. The molecule has 0 spiro atoms. The van der Waals surface area contributed by atoms with Gasteiger partial charge in [0.2, 0.25) is 0 Å². The first kappa shape index (κ1) is 18.4. The molecule has 1 atom stereocenters. The molecule has 6 heteroatoms. The molecule has 0 radical (unpaired) electrons. The molecule has 1 heterocycles. The number of hydrogen-bond donors (Lipinski definition) is 2. The van der Waals surface area contributed by atoms with E-state index in [0.717, 1.165) is 56.9 Å². The van der Waals surface area contributed by atoms with Crippen molar-refractivity contribution in [1.82, 2.24) is 10.6 Å². The molecule has 0 bridgehead atoms. The zero-order valence-electron chi connectivity index (χ0n) is 13.5. The Hall–Kier alpha value is -0.890. The van der Waals surface area contributed by atoms with Crippen LogP contribution in [0, 0.1) is 5.82 Å². The fourth-order valence-corrected chi connectivity index (χ4v) is 3.03. The lowest BCUT2D eigenvalue weighted by atomic mass is 9.96. The van der Waals surface area contributed by atoms with Gasteiger partial charge in [-0.05, 0) is 43.4 Å². The molecule has 1 saturated carbocycles. The molecule has 1 unspecified atom stereocenters. The normalized spacial score (nSPS) is 22.3. The van der Waals surface area contributed by atoms with E-state index in [9.17, 15) is 4.39 Å². The molecule has 1 aromatic carbocycles. The summed E-state index contributed by atoms with van der Waals surface area (Å²) in [6.07, 6.45) is 4.72. The van der Waals surface area contributed by atoms with E-state index in [2.05, 4.69) is 15.6 Å². The van der Waals surface area contributed by atoms with Gasteiger partial charge in [-0.1, -0.05) is 12.1 Å². The Morgan fingerprint density at radius 1 is 1.39 bits per heavy atom. The number of benzene rings is 1. The Bertz CT molecular complexity index is 542. The van der Waals surface area contributed by atoms with Gasteiger partial charge in [0.25, 0.3) is 0 Å². The quantitative estimate of drug-likeness (QED) is 0.427. The van der Waals surface area contributed by atoms with Crippen molar-refractivity contribution in [1.29, 1.82) is 0 Å². The van der Waals surface area contributed by atoms with Crippen LogP contribution in [0.25, 0.3) is 0 Å². The number of nitrogens with one attached hydrogen (secondary N) is 2. The average Bonchev–Trinajstić information content (AvgIpc) is 3.14. The molecular weight excluding hydrogens is 408 g/mol. The minimum atomic E-state index is -0.162. The van der Waals surface area contributed by atoms with Crippen LogP contribution in [0.15, 0.2) is 29.3 Å². The number of ether oxygens (including phenoxy) is 1. The van der Waals surface area contributed by atoms with Crippen LogP contribution in [-0.4, -0.2) is 38.8 Å². The van der Waals surface area contributed by atoms with Crippen molar-refractivity contribution in [3.8, 4) is 0 Å². The van der Waals surface area contributed by atoms with E-state index < -0.39 is 0 Å². The van der Waals surface area contributed by atoms with E-state index >= 15 is 0 Å². The lowest BCUT2D eigenvalue weighted by Gasteiger charge is -2.20. The summed E-state index contributed by atoms with van der Waals surface area (Å²) in [5.41, 5.74) is 1.14. The fourth-order valence-electron chi connectivity index (χ4n) is 3.03. The predicted octanol–water partition coefficient (Wildman–Crippen LogP) is 2.82. The van der Waals surface area contributed by atoms with E-state index in [1.807, 2.05) is 6.07 Å². The summed E-state index contributed by atoms with van der Waals surface area (Å²) in [7, 11) is 1.77. The van der Waals surface area contributed by atoms with Gasteiger partial charge >= 0.3 is 0 Å². The van der Waals surface area contributed by atoms with Gasteiger partial charge in [0, 0.05) is 32.2 Å². The highest BCUT2D eigenvalue weighted by molar-refractivity contribution is 14.0. The van der Waals surface area contributed by atoms with Gasteiger partial charge in [-0.15, -0.1) is 24.0 Å². The fraction of sp³-hybridized carbons (Fsp3) is 0.588. The van der Waals surface area contributed by atoms with Crippen LogP contribution in [0.2, 0.25) is 0 Å². The van der Waals surface area contributed by atoms with Gasteiger partial charge in [-0.2, -0.15) is 0 Å². The van der Waals surface area contributed by atoms with Crippen LogP contribution < -0.4 is 10.6 Å². The third kappa shape index (κ3) is 4.79. The smallest absolute Gasteiger partial charge is 0.191 e. The Morgan fingerprint density at radius 3 is 2.83 bits per heavy atom. The van der Waals surface area contributed by atoms with Crippen LogP contribution in [0.5, 0.6) is 0 Å². The van der Waals surface area contributed by atoms with Crippen molar-refractivity contribution in [2.24, 2.45) is 4.99 Å². The second-order valence-corrected chi connectivity index (χ2v) is 6.23. The summed E-state index contributed by atoms with van der Waals surface area (Å²) in [6, 6.07) is 6.95. The molecular formula is C17H25FIN3O. The van der Waals surface area contributed by atoms with Crippen LogP contribution in [0.3, 0.4) is 0 Å². The largest absolute Gasteiger partial charge is 0.376 e. The Morgan fingerprint density at radius 2 is 2.22 bits per heavy atom. The third-order valence-corrected chi connectivity index (χ3v) is 4.63. The van der Waals surface area contributed by atoms with Crippen molar-refractivity contribution in [2.75, 3.05) is 26.7 Å². The zero-order valence-corrected chi connectivity index (χ0v) is 15.8. The molecule has 1 aromatic rings. The number of guanidine groups is 1. The molecule has 4 nitrogen and oxygen atoms in total. The van der Waals surface area contributed by atoms with Crippen molar-refractivity contribution in [3.05, 3.63) is 35.6 Å². The van der Waals surface area contributed by atoms with Crippen LogP contribution in [0.4, 0.5) is 4.39 Å². The Balaban J connectivity index is 0.00000192. The minimum absolute atomic E-state index is 0. The maximum atomic E-state index is 13.4. The van der Waals surface area contributed by atoms with Crippen LogP contribution in [0.1, 0.15) is 31.2 Å². The Kier molecular flexibility index (Phi) is 6.64. The highest BCUT2D eigenvalue weighted by Crippen LogP contribution is 2.47. The van der Waals surface area contributed by atoms with Crippen molar-refractivity contribution >= 4 is 29.9 Å². The summed E-state index contributed by atoms with van der Waals surface area (Å²) in [5, 5.41) is 6.69. The summed E-state index contributed by atoms with van der Waals surface area (Å²) in [5.74, 6) is 0.628. The number of rotatable bonds is 5. The molecule has 0 amide bonds. The minimum Gasteiger partial charge on any atom is -0.376 e. The first-order chi connectivity index (χ1) is 10.7. The van der Waals surface area contributed by atoms with E-state index in [1.165, 1.54) is 6.07 Å². The second kappa shape index (κ2) is 8.28. The first-order valence-corrected chi connectivity index (χ1v) is 8.04. The van der Waals surface area contributed by atoms with Crippen molar-refractivity contribution < 1.29 is 9.13 Å². The summed E-state index contributed by atoms with van der Waals surface area (Å²) < 4.78 is 19.0. The van der Waals surface area contributed by atoms with Gasteiger partial charge in [0.1, 0.15) is 5.82 Å². The number of aliphatic imine (C=N–C) groups is 1. The molecule has 1 aliphatic heterocycles. The average molecular weight is 433 g/mol. The van der Waals surface area contributed by atoms with E-state index in [1.54, 1.807) is 19.2 Å². The molecule has 128 valence electrons. The van der Waals surface area contributed by atoms with Gasteiger partial charge in [-0.25, -0.2) is 4.39 Å². The molecule has 2 fully saturated rings. The van der Waals surface area contributed by atoms with E-state index in [-0.39, 0.29) is 41.3 Å². The highest BCUT2D eigenvalue weighted by atomic mass is 127. The van der Waals surface area contributed by atoms with Gasteiger partial charge in [-0.3, -0.25) is 4.99 Å². The molecule has 3 rings (SSSR count). The molecule has 1 aliphatic carbocycles. The summed E-state index contributed by atoms with van der Waals surface area (Å²) in [4.78, 5) is 4.26. The topological polar surface area (TPSA) is 45.7 Å². The van der Waals surface area contributed by atoms with Crippen LogP contribution in [-0.2, 0) is 10.2 Å². The van der Waals surface area contributed by atoms with Gasteiger partial charge in [0.05, 0.1) is 6.10 Å². The van der Waals surface area contributed by atoms with Crippen LogP contribution >= 0.6 is 24.0 Å². The number of halogens is 2. The van der Waals surface area contributed by atoms with Gasteiger partial charge in [0.15, 0.2) is 5.96 Å². The summed E-state index contributed by atoms with van der Waals surface area (Å²) >= 11 is 0. The molecule has 2 aliphatic rings.